The van der Waals surface area contributed by atoms with E-state index in [0.717, 1.165) is 51.9 Å². The first-order valence-electron chi connectivity index (χ1n) is 7.49. The Morgan fingerprint density at radius 2 is 1.70 bits per heavy atom. The molecule has 0 spiro atoms. The van der Waals surface area contributed by atoms with Crippen LogP contribution in [0.5, 0.6) is 0 Å². The number of aliphatic carboxylic acids is 1. The summed E-state index contributed by atoms with van der Waals surface area (Å²) >= 11 is 0. The number of nitrogens with one attached hydrogen (secondary N) is 1. The standard InChI is InChI=1S/C14H25N3O3/c1-16-6-8-17(9-7-16)13(18)10-15-12-4-2-11(3-5-12)14(19)20/h11-12,15H,2-10H2,1H3,(H,19,20). The zero-order chi connectivity index (χ0) is 14.5. The minimum absolute atomic E-state index is 0.165. The van der Waals surface area contributed by atoms with Crippen molar-refractivity contribution < 1.29 is 14.7 Å². The van der Waals surface area contributed by atoms with Gasteiger partial charge in [-0.15, -0.1) is 0 Å². The van der Waals surface area contributed by atoms with E-state index >= 15 is 0 Å². The molecule has 0 aromatic carbocycles. The van der Waals surface area contributed by atoms with Crippen molar-refractivity contribution in [2.75, 3.05) is 39.8 Å². The van der Waals surface area contributed by atoms with Crippen molar-refractivity contribution in [3.8, 4) is 0 Å². The molecule has 0 radical (unpaired) electrons. The van der Waals surface area contributed by atoms with E-state index in [2.05, 4.69) is 17.3 Å². The van der Waals surface area contributed by atoms with Crippen LogP contribution in [0.15, 0.2) is 0 Å². The van der Waals surface area contributed by atoms with Crippen LogP contribution >= 0.6 is 0 Å². The van der Waals surface area contributed by atoms with Crippen molar-refractivity contribution in [1.82, 2.24) is 15.1 Å². The lowest BCUT2D eigenvalue weighted by Gasteiger charge is -2.33. The molecule has 0 aromatic rings. The van der Waals surface area contributed by atoms with Crippen LogP contribution in [-0.4, -0.2) is 72.6 Å². The van der Waals surface area contributed by atoms with E-state index in [1.165, 1.54) is 0 Å². The van der Waals surface area contributed by atoms with Gasteiger partial charge in [-0.2, -0.15) is 0 Å². The average molecular weight is 283 g/mol. The summed E-state index contributed by atoms with van der Waals surface area (Å²) in [6.45, 7) is 3.88. The first-order chi connectivity index (χ1) is 9.56. The summed E-state index contributed by atoms with van der Waals surface area (Å²) in [4.78, 5) is 27.1. The molecule has 0 bridgehead atoms. The van der Waals surface area contributed by atoms with Gasteiger partial charge in [-0.25, -0.2) is 0 Å². The van der Waals surface area contributed by atoms with Gasteiger partial charge < -0.3 is 20.2 Å². The van der Waals surface area contributed by atoms with Crippen LogP contribution in [0.3, 0.4) is 0 Å². The van der Waals surface area contributed by atoms with Crippen LogP contribution in [0.2, 0.25) is 0 Å². The van der Waals surface area contributed by atoms with Gasteiger partial charge in [0, 0.05) is 32.2 Å². The highest BCUT2D eigenvalue weighted by Crippen LogP contribution is 2.24. The number of carbonyl (C=O) groups is 2. The molecule has 6 nitrogen and oxygen atoms in total. The second kappa shape index (κ2) is 7.04. The number of carbonyl (C=O) groups excluding carboxylic acids is 1. The van der Waals surface area contributed by atoms with Crippen LogP contribution in [0.4, 0.5) is 0 Å². The normalized spacial score (nSPS) is 28.4. The van der Waals surface area contributed by atoms with Crippen LogP contribution in [0.1, 0.15) is 25.7 Å². The lowest BCUT2D eigenvalue weighted by molar-refractivity contribution is -0.143. The van der Waals surface area contributed by atoms with Crippen LogP contribution < -0.4 is 5.32 Å². The molecule has 114 valence electrons. The SMILES string of the molecule is CN1CCN(C(=O)CNC2CCC(C(=O)O)CC2)CC1. The zero-order valence-corrected chi connectivity index (χ0v) is 12.2. The molecule has 1 heterocycles. The molecule has 1 saturated carbocycles. The number of nitrogens with zero attached hydrogens (tertiary/aromatic N) is 2. The molecule has 2 N–H and O–H groups in total. The van der Waals surface area contributed by atoms with Crippen molar-refractivity contribution in [2.45, 2.75) is 31.7 Å². The van der Waals surface area contributed by atoms with Gasteiger partial charge in [-0.3, -0.25) is 9.59 Å². The summed E-state index contributed by atoms with van der Waals surface area (Å²) in [6, 6.07) is 0.294. The Morgan fingerprint density at radius 1 is 1.10 bits per heavy atom. The van der Waals surface area contributed by atoms with E-state index in [9.17, 15) is 9.59 Å². The number of carboxylic acids is 1. The summed E-state index contributed by atoms with van der Waals surface area (Å²) in [5.74, 6) is -0.711. The summed E-state index contributed by atoms with van der Waals surface area (Å²) < 4.78 is 0. The predicted molar refractivity (Wildman–Crippen MR) is 75.5 cm³/mol. The monoisotopic (exact) mass is 283 g/mol. The lowest BCUT2D eigenvalue weighted by atomic mass is 9.86. The van der Waals surface area contributed by atoms with Gasteiger partial charge in [-0.05, 0) is 32.7 Å². The molecular formula is C14H25N3O3. The summed E-state index contributed by atoms with van der Waals surface area (Å²) in [7, 11) is 2.07. The van der Waals surface area contributed by atoms with Crippen molar-refractivity contribution in [3.63, 3.8) is 0 Å². The Labute approximate surface area is 120 Å². The maximum atomic E-state index is 12.1. The van der Waals surface area contributed by atoms with Gasteiger partial charge >= 0.3 is 5.97 Å². The summed E-state index contributed by atoms with van der Waals surface area (Å²) in [5.41, 5.74) is 0. The summed E-state index contributed by atoms with van der Waals surface area (Å²) in [6.07, 6.45) is 3.14. The first-order valence-corrected chi connectivity index (χ1v) is 7.49. The lowest BCUT2D eigenvalue weighted by Crippen LogP contribution is -2.50. The molecule has 2 aliphatic rings. The highest BCUT2D eigenvalue weighted by molar-refractivity contribution is 5.78. The van der Waals surface area contributed by atoms with E-state index in [1.54, 1.807) is 0 Å². The second-order valence-electron chi connectivity index (χ2n) is 5.95. The molecule has 2 rings (SSSR count). The molecule has 0 unspecified atom stereocenters. The Hall–Kier alpha value is -1.14. The number of carboxylic acid groups (broad SMARTS) is 1. The van der Waals surface area contributed by atoms with Gasteiger partial charge in [0.25, 0.3) is 0 Å². The topological polar surface area (TPSA) is 72.9 Å². The third kappa shape index (κ3) is 4.18. The van der Waals surface area contributed by atoms with E-state index in [0.29, 0.717) is 12.6 Å². The van der Waals surface area contributed by atoms with E-state index in [-0.39, 0.29) is 11.8 Å². The van der Waals surface area contributed by atoms with Crippen LogP contribution in [0.25, 0.3) is 0 Å². The molecular weight excluding hydrogens is 258 g/mol. The Balaban J connectivity index is 1.65. The van der Waals surface area contributed by atoms with E-state index in [4.69, 9.17) is 5.11 Å². The van der Waals surface area contributed by atoms with Crippen molar-refractivity contribution in [3.05, 3.63) is 0 Å². The van der Waals surface area contributed by atoms with Gasteiger partial charge in [0.1, 0.15) is 0 Å². The number of hydrogen-bond acceptors (Lipinski definition) is 4. The highest BCUT2D eigenvalue weighted by atomic mass is 16.4. The number of hydrogen-bond donors (Lipinski definition) is 2. The molecule has 1 aliphatic heterocycles. The number of piperazine rings is 1. The van der Waals surface area contributed by atoms with Gasteiger partial charge in [-0.1, -0.05) is 0 Å². The second-order valence-corrected chi connectivity index (χ2v) is 5.95. The minimum Gasteiger partial charge on any atom is -0.481 e. The Kier molecular flexibility index (Phi) is 5.37. The van der Waals surface area contributed by atoms with Gasteiger partial charge in [0.15, 0.2) is 0 Å². The Bertz CT molecular complexity index is 346. The molecule has 1 saturated heterocycles. The highest BCUT2D eigenvalue weighted by Gasteiger charge is 2.26. The minimum atomic E-state index is -0.683. The third-order valence-corrected chi connectivity index (χ3v) is 4.47. The Morgan fingerprint density at radius 3 is 2.25 bits per heavy atom. The average Bonchev–Trinajstić information content (AvgIpc) is 2.46. The summed E-state index contributed by atoms with van der Waals surface area (Å²) in [5, 5.41) is 12.2. The molecule has 2 fully saturated rings. The fourth-order valence-corrected chi connectivity index (χ4v) is 2.94. The quantitative estimate of drug-likeness (QED) is 0.759. The molecule has 1 amide bonds. The van der Waals surface area contributed by atoms with E-state index < -0.39 is 5.97 Å². The van der Waals surface area contributed by atoms with E-state index in [1.807, 2.05) is 4.90 Å². The molecule has 0 atom stereocenters. The fourth-order valence-electron chi connectivity index (χ4n) is 2.94. The fraction of sp³-hybridized carbons (Fsp3) is 0.857. The third-order valence-electron chi connectivity index (χ3n) is 4.47. The number of likely N-dealkylation sites (N-methyl/N-ethyl adjacent to an activating group) is 1. The molecule has 0 aromatic heterocycles. The van der Waals surface area contributed by atoms with Crippen molar-refractivity contribution in [2.24, 2.45) is 5.92 Å². The van der Waals surface area contributed by atoms with Crippen molar-refractivity contribution in [1.29, 1.82) is 0 Å². The number of rotatable bonds is 4. The first kappa shape index (κ1) is 15.3. The maximum Gasteiger partial charge on any atom is 0.306 e. The molecule has 1 aliphatic carbocycles. The zero-order valence-electron chi connectivity index (χ0n) is 12.2. The molecule has 20 heavy (non-hydrogen) atoms. The largest absolute Gasteiger partial charge is 0.481 e. The van der Waals surface area contributed by atoms with Crippen LogP contribution in [-0.2, 0) is 9.59 Å². The maximum absolute atomic E-state index is 12.1. The van der Waals surface area contributed by atoms with Crippen LogP contribution in [0, 0.1) is 5.92 Å². The van der Waals surface area contributed by atoms with Gasteiger partial charge in [0.2, 0.25) is 5.91 Å². The smallest absolute Gasteiger partial charge is 0.306 e. The van der Waals surface area contributed by atoms with Gasteiger partial charge in [0.05, 0.1) is 12.5 Å². The molecule has 6 heteroatoms. The number of amides is 1. The predicted octanol–water partition coefficient (Wildman–Crippen LogP) is -0.00660. The van der Waals surface area contributed by atoms with Crippen molar-refractivity contribution >= 4 is 11.9 Å².